The summed E-state index contributed by atoms with van der Waals surface area (Å²) in [6, 6.07) is 6.52. The normalized spacial score (nSPS) is 14.4. The van der Waals surface area contributed by atoms with Gasteiger partial charge in [0.15, 0.2) is 5.82 Å². The lowest BCUT2D eigenvalue weighted by Gasteiger charge is -2.13. The van der Waals surface area contributed by atoms with E-state index in [1.165, 1.54) is 11.3 Å². The second-order valence-electron chi connectivity index (χ2n) is 6.42. The molecule has 3 heterocycles. The maximum absolute atomic E-state index is 4.72. The zero-order valence-corrected chi connectivity index (χ0v) is 13.2. The summed E-state index contributed by atoms with van der Waals surface area (Å²) in [4.78, 5) is 0.850. The monoisotopic (exact) mass is 299 g/mol. The lowest BCUT2D eigenvalue weighted by atomic mass is 9.96. The first-order valence-corrected chi connectivity index (χ1v) is 7.94. The average molecular weight is 299 g/mol. The highest BCUT2D eigenvalue weighted by molar-refractivity contribution is 7.19. The molecule has 6 heteroatoms. The van der Waals surface area contributed by atoms with E-state index in [4.69, 9.17) is 5.10 Å². The third kappa shape index (κ3) is 2.01. The third-order valence-electron chi connectivity index (χ3n) is 3.73. The summed E-state index contributed by atoms with van der Waals surface area (Å²) in [7, 11) is 0. The van der Waals surface area contributed by atoms with Crippen LogP contribution < -0.4 is 5.32 Å². The molecule has 0 radical (unpaired) electrons. The van der Waals surface area contributed by atoms with Gasteiger partial charge < -0.3 is 5.32 Å². The molecule has 0 bridgehead atoms. The molecular weight excluding hydrogens is 282 g/mol. The summed E-state index contributed by atoms with van der Waals surface area (Å²) < 4.78 is 1.88. The maximum Gasteiger partial charge on any atom is 0.235 e. The predicted octanol–water partition coefficient (Wildman–Crippen LogP) is 3.12. The van der Waals surface area contributed by atoms with Gasteiger partial charge in [-0.3, -0.25) is 0 Å². The summed E-state index contributed by atoms with van der Waals surface area (Å²) in [6.07, 6.45) is 1.11. The number of nitrogens with one attached hydrogen (secondary N) is 1. The Balaban J connectivity index is 1.82. The lowest BCUT2D eigenvalue weighted by Crippen LogP contribution is -2.16. The van der Waals surface area contributed by atoms with Crippen LogP contribution in [0.4, 0.5) is 5.69 Å². The van der Waals surface area contributed by atoms with E-state index in [9.17, 15) is 0 Å². The molecule has 1 aliphatic heterocycles. The summed E-state index contributed by atoms with van der Waals surface area (Å²) in [5, 5.41) is 17.6. The van der Waals surface area contributed by atoms with Crippen molar-refractivity contribution in [3.8, 4) is 10.6 Å². The van der Waals surface area contributed by atoms with Crippen molar-refractivity contribution in [3.05, 3.63) is 29.6 Å². The van der Waals surface area contributed by atoms with Crippen molar-refractivity contribution in [2.45, 2.75) is 32.6 Å². The first-order chi connectivity index (χ1) is 10.0. The minimum Gasteiger partial charge on any atom is -0.384 e. The fourth-order valence-corrected chi connectivity index (χ4v) is 3.46. The predicted molar refractivity (Wildman–Crippen MR) is 85.0 cm³/mol. The quantitative estimate of drug-likeness (QED) is 0.750. The number of hydrogen-bond donors (Lipinski definition) is 1. The first kappa shape index (κ1) is 12.8. The first-order valence-electron chi connectivity index (χ1n) is 7.12. The molecule has 0 saturated heterocycles. The molecule has 1 N–H and O–H groups in total. The van der Waals surface area contributed by atoms with Crippen LogP contribution in [-0.2, 0) is 11.8 Å². The Labute approximate surface area is 127 Å². The van der Waals surface area contributed by atoms with Gasteiger partial charge in [0.25, 0.3) is 0 Å². The van der Waals surface area contributed by atoms with Crippen LogP contribution in [-0.4, -0.2) is 26.4 Å². The van der Waals surface area contributed by atoms with E-state index in [0.717, 1.165) is 34.3 Å². The summed E-state index contributed by atoms with van der Waals surface area (Å²) >= 11 is 1.58. The summed E-state index contributed by atoms with van der Waals surface area (Å²) in [5.74, 6) is 0.902. The lowest BCUT2D eigenvalue weighted by molar-refractivity contribution is 0.528. The van der Waals surface area contributed by atoms with Gasteiger partial charge >= 0.3 is 0 Å². The van der Waals surface area contributed by atoms with Gasteiger partial charge in [-0.05, 0) is 18.1 Å². The zero-order valence-electron chi connectivity index (χ0n) is 12.3. The fraction of sp³-hybridized carbons (Fsp3) is 0.400. The summed E-state index contributed by atoms with van der Waals surface area (Å²) in [6.45, 7) is 7.41. The van der Waals surface area contributed by atoms with Crippen LogP contribution in [0, 0.1) is 0 Å². The number of anilines is 1. The number of hydrogen-bond acceptors (Lipinski definition) is 5. The van der Waals surface area contributed by atoms with Gasteiger partial charge in [0.2, 0.25) is 4.96 Å². The Kier molecular flexibility index (Phi) is 2.60. The molecule has 0 spiro atoms. The van der Waals surface area contributed by atoms with Gasteiger partial charge in [-0.2, -0.15) is 9.61 Å². The van der Waals surface area contributed by atoms with Crippen LogP contribution >= 0.6 is 11.3 Å². The van der Waals surface area contributed by atoms with Gasteiger partial charge in [0, 0.05) is 23.2 Å². The molecule has 108 valence electrons. The van der Waals surface area contributed by atoms with Gasteiger partial charge in [0.05, 0.1) is 0 Å². The standard InChI is InChI=1S/C15H17N5S/c1-15(2,3)13-17-18-14-20(13)19-12(21-14)10-5-4-9-6-7-16-11(9)8-10/h4-5,8,16H,6-7H2,1-3H3. The van der Waals surface area contributed by atoms with Gasteiger partial charge in [-0.25, -0.2) is 0 Å². The number of fused-ring (bicyclic) bond motifs is 2. The largest absolute Gasteiger partial charge is 0.384 e. The van der Waals surface area contributed by atoms with Crippen molar-refractivity contribution in [1.82, 2.24) is 19.8 Å². The van der Waals surface area contributed by atoms with E-state index in [0.29, 0.717) is 0 Å². The molecule has 0 amide bonds. The van der Waals surface area contributed by atoms with Gasteiger partial charge in [0.1, 0.15) is 5.01 Å². The van der Waals surface area contributed by atoms with Gasteiger partial charge in [-0.15, -0.1) is 10.2 Å². The molecule has 2 aromatic heterocycles. The number of rotatable bonds is 1. The summed E-state index contributed by atoms with van der Waals surface area (Å²) in [5.41, 5.74) is 3.69. The molecule has 4 rings (SSSR count). The number of benzene rings is 1. The zero-order chi connectivity index (χ0) is 14.6. The van der Waals surface area contributed by atoms with E-state index in [1.54, 1.807) is 11.3 Å². The highest BCUT2D eigenvalue weighted by Crippen LogP contribution is 2.32. The van der Waals surface area contributed by atoms with Crippen molar-refractivity contribution in [2.75, 3.05) is 11.9 Å². The molecule has 0 atom stereocenters. The van der Waals surface area contributed by atoms with Crippen LogP contribution in [0.15, 0.2) is 18.2 Å². The van der Waals surface area contributed by atoms with Crippen molar-refractivity contribution in [1.29, 1.82) is 0 Å². The van der Waals surface area contributed by atoms with E-state index in [2.05, 4.69) is 54.5 Å². The van der Waals surface area contributed by atoms with E-state index < -0.39 is 0 Å². The molecule has 1 aliphatic rings. The van der Waals surface area contributed by atoms with Crippen LogP contribution in [0.1, 0.15) is 32.2 Å². The molecule has 0 unspecified atom stereocenters. The van der Waals surface area contributed by atoms with E-state index >= 15 is 0 Å². The minimum atomic E-state index is -0.0652. The fourth-order valence-electron chi connectivity index (χ4n) is 2.63. The smallest absolute Gasteiger partial charge is 0.235 e. The molecule has 0 fully saturated rings. The molecule has 0 saturated carbocycles. The number of nitrogens with zero attached hydrogens (tertiary/aromatic N) is 4. The Morgan fingerprint density at radius 2 is 2.10 bits per heavy atom. The number of aromatic nitrogens is 4. The van der Waals surface area contributed by atoms with Crippen LogP contribution in [0.3, 0.4) is 0 Å². The molecule has 0 aliphatic carbocycles. The Morgan fingerprint density at radius 3 is 2.90 bits per heavy atom. The molecule has 5 nitrogen and oxygen atoms in total. The maximum atomic E-state index is 4.72. The second kappa shape index (κ2) is 4.27. The SMILES string of the molecule is CC(C)(C)c1nnc2sc(-c3ccc4c(c3)NCC4)nn12. The Bertz CT molecular complexity index is 824. The van der Waals surface area contributed by atoms with Crippen molar-refractivity contribution >= 4 is 22.0 Å². The van der Waals surface area contributed by atoms with Crippen molar-refractivity contribution in [2.24, 2.45) is 0 Å². The van der Waals surface area contributed by atoms with E-state index in [1.807, 2.05) is 4.52 Å². The van der Waals surface area contributed by atoms with Gasteiger partial charge in [-0.1, -0.05) is 44.2 Å². The molecule has 1 aromatic carbocycles. The minimum absolute atomic E-state index is 0.0652. The average Bonchev–Trinajstić information content (AvgIpc) is 3.10. The molecule has 21 heavy (non-hydrogen) atoms. The van der Waals surface area contributed by atoms with E-state index in [-0.39, 0.29) is 5.41 Å². The molecule has 3 aromatic rings. The third-order valence-corrected chi connectivity index (χ3v) is 4.68. The molecular formula is C15H17N5S. The Hall–Kier alpha value is -1.95. The van der Waals surface area contributed by atoms with Crippen LogP contribution in [0.2, 0.25) is 0 Å². The van der Waals surface area contributed by atoms with Crippen molar-refractivity contribution in [3.63, 3.8) is 0 Å². The Morgan fingerprint density at radius 1 is 1.24 bits per heavy atom. The highest BCUT2D eigenvalue weighted by atomic mass is 32.1. The van der Waals surface area contributed by atoms with Crippen LogP contribution in [0.25, 0.3) is 15.5 Å². The highest BCUT2D eigenvalue weighted by Gasteiger charge is 2.23. The van der Waals surface area contributed by atoms with Crippen LogP contribution in [0.5, 0.6) is 0 Å². The second-order valence-corrected chi connectivity index (χ2v) is 7.38. The van der Waals surface area contributed by atoms with Crippen molar-refractivity contribution < 1.29 is 0 Å². The topological polar surface area (TPSA) is 55.1 Å².